The maximum Gasteiger partial charge on any atom is 0.121 e. The van der Waals surface area contributed by atoms with Crippen molar-refractivity contribution in [1.29, 1.82) is 0 Å². The monoisotopic (exact) mass is 220 g/mol. The Hall–Kier alpha value is -1.39. The van der Waals surface area contributed by atoms with Gasteiger partial charge in [-0.15, -0.1) is 11.3 Å². The minimum atomic E-state index is -0.535. The van der Waals surface area contributed by atoms with Crippen molar-refractivity contribution in [3.63, 3.8) is 0 Å². The van der Waals surface area contributed by atoms with Crippen LogP contribution in [0.1, 0.15) is 16.7 Å². The number of hydrogen-bond donors (Lipinski definition) is 2. The number of hydrogen-bond acceptors (Lipinski definition) is 4. The van der Waals surface area contributed by atoms with E-state index in [9.17, 15) is 5.11 Å². The van der Waals surface area contributed by atoms with Crippen LogP contribution in [-0.2, 0) is 6.42 Å². The van der Waals surface area contributed by atoms with Crippen molar-refractivity contribution in [2.24, 2.45) is 0 Å². The number of aromatic nitrogens is 1. The molecule has 3 N–H and O–H groups in total. The third-order valence-electron chi connectivity index (χ3n) is 2.12. The zero-order valence-corrected chi connectivity index (χ0v) is 8.95. The highest BCUT2D eigenvalue weighted by molar-refractivity contribution is 7.09. The molecule has 4 heteroatoms. The Kier molecular flexibility index (Phi) is 2.99. The van der Waals surface area contributed by atoms with Gasteiger partial charge in [0, 0.05) is 23.7 Å². The number of nitrogen functional groups attached to an aromatic ring is 1. The lowest BCUT2D eigenvalue weighted by Gasteiger charge is -2.07. The van der Waals surface area contributed by atoms with Crippen LogP contribution in [0.25, 0.3) is 0 Å². The van der Waals surface area contributed by atoms with Crippen LogP contribution < -0.4 is 5.73 Å². The second-order valence-corrected chi connectivity index (χ2v) is 4.26. The first kappa shape index (κ1) is 10.1. The lowest BCUT2D eigenvalue weighted by atomic mass is 10.1. The molecule has 0 amide bonds. The SMILES string of the molecule is Nc1cccc(C[C@@H](O)c2nccs2)c1. The molecule has 0 spiro atoms. The molecule has 0 aliphatic heterocycles. The van der Waals surface area contributed by atoms with Crippen molar-refractivity contribution in [3.05, 3.63) is 46.4 Å². The first-order valence-electron chi connectivity index (χ1n) is 4.67. The van der Waals surface area contributed by atoms with Crippen LogP contribution in [0.5, 0.6) is 0 Å². The van der Waals surface area contributed by atoms with E-state index in [-0.39, 0.29) is 0 Å². The minimum absolute atomic E-state index is 0.535. The number of thiazole rings is 1. The smallest absolute Gasteiger partial charge is 0.121 e. The summed E-state index contributed by atoms with van der Waals surface area (Å²) >= 11 is 1.46. The molecule has 0 fully saturated rings. The summed E-state index contributed by atoms with van der Waals surface area (Å²) in [5.74, 6) is 0. The Morgan fingerprint density at radius 1 is 1.47 bits per heavy atom. The predicted molar refractivity (Wildman–Crippen MR) is 61.6 cm³/mol. The predicted octanol–water partition coefficient (Wildman–Crippen LogP) is 2.00. The highest BCUT2D eigenvalue weighted by atomic mass is 32.1. The van der Waals surface area contributed by atoms with E-state index in [1.54, 1.807) is 6.20 Å². The maximum atomic E-state index is 9.86. The van der Waals surface area contributed by atoms with Crippen LogP contribution in [0.3, 0.4) is 0 Å². The van der Waals surface area contributed by atoms with Gasteiger partial charge in [0.15, 0.2) is 0 Å². The van der Waals surface area contributed by atoms with Gasteiger partial charge < -0.3 is 10.8 Å². The zero-order chi connectivity index (χ0) is 10.7. The van der Waals surface area contributed by atoms with Crippen molar-refractivity contribution in [2.75, 3.05) is 5.73 Å². The summed E-state index contributed by atoms with van der Waals surface area (Å²) < 4.78 is 0. The lowest BCUT2D eigenvalue weighted by molar-refractivity contribution is 0.178. The second kappa shape index (κ2) is 4.42. The number of aliphatic hydroxyl groups excluding tert-OH is 1. The number of nitrogens with zero attached hydrogens (tertiary/aromatic N) is 1. The maximum absolute atomic E-state index is 9.86. The summed E-state index contributed by atoms with van der Waals surface area (Å²) in [5.41, 5.74) is 7.41. The van der Waals surface area contributed by atoms with Crippen LogP contribution in [0.2, 0.25) is 0 Å². The zero-order valence-electron chi connectivity index (χ0n) is 8.13. The summed E-state index contributed by atoms with van der Waals surface area (Å²) in [6.45, 7) is 0. The van der Waals surface area contributed by atoms with E-state index >= 15 is 0 Å². The van der Waals surface area contributed by atoms with E-state index in [4.69, 9.17) is 5.73 Å². The van der Waals surface area contributed by atoms with Gasteiger partial charge in [0.1, 0.15) is 11.1 Å². The van der Waals surface area contributed by atoms with Gasteiger partial charge in [-0.1, -0.05) is 12.1 Å². The first-order valence-corrected chi connectivity index (χ1v) is 5.55. The summed E-state index contributed by atoms with van der Waals surface area (Å²) in [5, 5.41) is 12.5. The Morgan fingerprint density at radius 2 is 2.33 bits per heavy atom. The molecule has 0 saturated carbocycles. The second-order valence-electron chi connectivity index (χ2n) is 3.34. The van der Waals surface area contributed by atoms with Crippen molar-refractivity contribution in [2.45, 2.75) is 12.5 Å². The number of rotatable bonds is 3. The highest BCUT2D eigenvalue weighted by Gasteiger charge is 2.10. The van der Waals surface area contributed by atoms with E-state index in [0.717, 1.165) is 16.3 Å². The lowest BCUT2D eigenvalue weighted by Crippen LogP contribution is -2.01. The molecule has 0 unspecified atom stereocenters. The Balaban J connectivity index is 2.09. The van der Waals surface area contributed by atoms with Gasteiger partial charge in [-0.05, 0) is 17.7 Å². The quantitative estimate of drug-likeness (QED) is 0.778. The molecule has 1 aromatic heterocycles. The fraction of sp³-hybridized carbons (Fsp3) is 0.182. The molecular weight excluding hydrogens is 208 g/mol. The van der Waals surface area contributed by atoms with Crippen LogP contribution in [0.15, 0.2) is 35.8 Å². The van der Waals surface area contributed by atoms with Gasteiger partial charge >= 0.3 is 0 Å². The van der Waals surface area contributed by atoms with E-state index in [1.807, 2.05) is 29.6 Å². The van der Waals surface area contributed by atoms with E-state index in [0.29, 0.717) is 6.42 Å². The third kappa shape index (κ3) is 2.55. The topological polar surface area (TPSA) is 59.1 Å². The summed E-state index contributed by atoms with van der Waals surface area (Å²) in [4.78, 5) is 4.07. The molecule has 0 radical (unpaired) electrons. The number of aliphatic hydroxyl groups is 1. The largest absolute Gasteiger partial charge is 0.399 e. The molecule has 2 rings (SSSR count). The van der Waals surface area contributed by atoms with E-state index in [2.05, 4.69) is 4.98 Å². The summed E-state index contributed by atoms with van der Waals surface area (Å²) in [6.07, 6.45) is 1.72. The third-order valence-corrected chi connectivity index (χ3v) is 2.99. The molecule has 1 aromatic carbocycles. The molecule has 3 nitrogen and oxygen atoms in total. The average Bonchev–Trinajstić information content (AvgIpc) is 2.70. The van der Waals surface area contributed by atoms with E-state index < -0.39 is 6.10 Å². The van der Waals surface area contributed by atoms with Crippen LogP contribution >= 0.6 is 11.3 Å². The van der Waals surface area contributed by atoms with Crippen LogP contribution in [0, 0.1) is 0 Å². The Bertz CT molecular complexity index is 428. The summed E-state index contributed by atoms with van der Waals surface area (Å²) in [7, 11) is 0. The fourth-order valence-corrected chi connectivity index (χ4v) is 2.05. The van der Waals surface area contributed by atoms with Crippen molar-refractivity contribution < 1.29 is 5.11 Å². The van der Waals surface area contributed by atoms with Crippen molar-refractivity contribution in [1.82, 2.24) is 4.98 Å². The molecule has 78 valence electrons. The number of benzene rings is 1. The van der Waals surface area contributed by atoms with Gasteiger partial charge in [0.2, 0.25) is 0 Å². The van der Waals surface area contributed by atoms with Gasteiger partial charge in [-0.3, -0.25) is 0 Å². The highest BCUT2D eigenvalue weighted by Crippen LogP contribution is 2.20. The fourth-order valence-electron chi connectivity index (χ4n) is 1.43. The molecular formula is C11H12N2OS. The van der Waals surface area contributed by atoms with Crippen molar-refractivity contribution >= 4 is 17.0 Å². The summed E-state index contributed by atoms with van der Waals surface area (Å²) in [6, 6.07) is 7.54. The Labute approximate surface area is 92.2 Å². The van der Waals surface area contributed by atoms with Crippen LogP contribution in [0.4, 0.5) is 5.69 Å². The van der Waals surface area contributed by atoms with Gasteiger partial charge in [-0.25, -0.2) is 4.98 Å². The van der Waals surface area contributed by atoms with Gasteiger partial charge in [-0.2, -0.15) is 0 Å². The molecule has 2 aromatic rings. The molecule has 0 aliphatic carbocycles. The molecule has 0 aliphatic rings. The molecule has 15 heavy (non-hydrogen) atoms. The minimum Gasteiger partial charge on any atom is -0.399 e. The van der Waals surface area contributed by atoms with Crippen LogP contribution in [-0.4, -0.2) is 10.1 Å². The molecule has 0 saturated heterocycles. The molecule has 1 atom stereocenters. The van der Waals surface area contributed by atoms with Gasteiger partial charge in [0.25, 0.3) is 0 Å². The molecule has 0 bridgehead atoms. The normalized spacial score (nSPS) is 12.6. The molecule has 1 heterocycles. The average molecular weight is 220 g/mol. The number of anilines is 1. The van der Waals surface area contributed by atoms with E-state index in [1.165, 1.54) is 11.3 Å². The number of nitrogens with two attached hydrogens (primary N) is 1. The van der Waals surface area contributed by atoms with Gasteiger partial charge in [0.05, 0.1) is 0 Å². The first-order chi connectivity index (χ1) is 7.25. The standard InChI is InChI=1S/C11H12N2OS/c12-9-3-1-2-8(6-9)7-10(14)11-13-4-5-15-11/h1-6,10,14H,7,12H2/t10-/m1/s1. The Morgan fingerprint density at radius 3 is 3.00 bits per heavy atom. The van der Waals surface area contributed by atoms with Crippen molar-refractivity contribution in [3.8, 4) is 0 Å².